The second-order valence-corrected chi connectivity index (χ2v) is 6.30. The Hall–Kier alpha value is -0.420. The molecule has 1 N–H and O–H groups in total. The van der Waals surface area contributed by atoms with Crippen molar-refractivity contribution in [2.75, 3.05) is 13.2 Å². The fourth-order valence-corrected chi connectivity index (χ4v) is 3.54. The van der Waals surface area contributed by atoms with Gasteiger partial charge in [0.05, 0.1) is 21.9 Å². The molecule has 1 aliphatic heterocycles. The molecule has 1 aliphatic rings. The number of β-amino-alcohol motifs (C(OH)–C–C–N with tert-alkyl or cyclic N) is 1. The average Bonchev–Trinajstić information content (AvgIpc) is 2.61. The molecule has 1 fully saturated rings. The molecule has 3 nitrogen and oxygen atoms in total. The number of halogens is 2. The van der Waals surface area contributed by atoms with Gasteiger partial charge in [-0.3, -0.25) is 4.79 Å². The Morgan fingerprint density at radius 1 is 1.39 bits per heavy atom. The monoisotopic (exact) mass is 305 g/mol. The minimum absolute atomic E-state index is 0.0448. The largest absolute Gasteiger partial charge is 0.395 e. The van der Waals surface area contributed by atoms with Crippen molar-refractivity contribution in [2.45, 2.75) is 17.5 Å². The Bertz CT molecular complexity index is 469. The number of nitrogens with zero attached hydrogens (tertiary/aromatic N) is 1. The van der Waals surface area contributed by atoms with Crippen LogP contribution in [0.5, 0.6) is 0 Å². The average molecular weight is 306 g/mol. The van der Waals surface area contributed by atoms with Crippen LogP contribution in [0.15, 0.2) is 18.2 Å². The second kappa shape index (κ2) is 5.70. The van der Waals surface area contributed by atoms with Crippen molar-refractivity contribution in [3.63, 3.8) is 0 Å². The highest BCUT2D eigenvalue weighted by atomic mass is 35.5. The van der Waals surface area contributed by atoms with Crippen LogP contribution in [-0.2, 0) is 4.79 Å². The van der Waals surface area contributed by atoms with Gasteiger partial charge in [-0.25, -0.2) is 0 Å². The van der Waals surface area contributed by atoms with Crippen LogP contribution in [0.4, 0.5) is 0 Å². The van der Waals surface area contributed by atoms with Crippen LogP contribution in [0.2, 0.25) is 10.0 Å². The predicted molar refractivity (Wildman–Crippen MR) is 75.1 cm³/mol. The molecular weight excluding hydrogens is 293 g/mol. The summed E-state index contributed by atoms with van der Waals surface area (Å²) < 4.78 is 0. The summed E-state index contributed by atoms with van der Waals surface area (Å²) in [6, 6.07) is 5.36. The molecule has 2 rings (SSSR count). The molecule has 0 aromatic heterocycles. The maximum absolute atomic E-state index is 12.0. The Kier molecular flexibility index (Phi) is 4.43. The molecule has 0 spiro atoms. The van der Waals surface area contributed by atoms with Crippen molar-refractivity contribution in [1.29, 1.82) is 0 Å². The molecule has 0 unspecified atom stereocenters. The van der Waals surface area contributed by atoms with Gasteiger partial charge < -0.3 is 10.0 Å². The van der Waals surface area contributed by atoms with Gasteiger partial charge in [-0.2, -0.15) is 0 Å². The lowest BCUT2D eigenvalue weighted by Crippen LogP contribution is -2.32. The van der Waals surface area contributed by atoms with Gasteiger partial charge in [0.15, 0.2) is 0 Å². The predicted octanol–water partition coefficient (Wildman–Crippen LogP) is 2.95. The zero-order valence-corrected chi connectivity index (χ0v) is 12.1. The Balaban J connectivity index is 2.30. The number of benzene rings is 1. The fraction of sp³-hybridized carbons (Fsp3) is 0.417. The number of carbonyl (C=O) groups excluding carboxylic acids is 1. The van der Waals surface area contributed by atoms with E-state index in [1.54, 1.807) is 28.8 Å². The van der Waals surface area contributed by atoms with Crippen molar-refractivity contribution in [2.24, 2.45) is 0 Å². The Morgan fingerprint density at radius 3 is 2.72 bits per heavy atom. The maximum atomic E-state index is 12.0. The molecule has 0 saturated carbocycles. The van der Waals surface area contributed by atoms with E-state index >= 15 is 0 Å². The zero-order valence-electron chi connectivity index (χ0n) is 9.77. The fourth-order valence-electron chi connectivity index (χ4n) is 1.93. The van der Waals surface area contributed by atoms with Crippen LogP contribution < -0.4 is 0 Å². The van der Waals surface area contributed by atoms with Gasteiger partial charge in [0, 0.05) is 6.54 Å². The van der Waals surface area contributed by atoms with E-state index in [1.807, 2.05) is 13.0 Å². The van der Waals surface area contributed by atoms with Crippen molar-refractivity contribution in [3.05, 3.63) is 33.8 Å². The van der Waals surface area contributed by atoms with Crippen molar-refractivity contribution < 1.29 is 9.90 Å². The highest BCUT2D eigenvalue weighted by Gasteiger charge is 2.38. The minimum atomic E-state index is -0.102. The van der Waals surface area contributed by atoms with E-state index in [4.69, 9.17) is 28.3 Å². The number of amides is 1. The van der Waals surface area contributed by atoms with E-state index in [1.165, 1.54) is 0 Å². The second-order valence-electron chi connectivity index (χ2n) is 4.06. The summed E-state index contributed by atoms with van der Waals surface area (Å²) in [5, 5.41) is 9.81. The summed E-state index contributed by atoms with van der Waals surface area (Å²) in [6.07, 6.45) is 0. The van der Waals surface area contributed by atoms with E-state index in [2.05, 4.69) is 0 Å². The van der Waals surface area contributed by atoms with Crippen LogP contribution in [0, 0.1) is 0 Å². The van der Waals surface area contributed by atoms with Crippen LogP contribution in [0.1, 0.15) is 17.9 Å². The summed E-state index contributed by atoms with van der Waals surface area (Å²) in [7, 11) is 0. The van der Waals surface area contributed by atoms with E-state index in [0.717, 1.165) is 5.56 Å². The third kappa shape index (κ3) is 2.62. The highest BCUT2D eigenvalue weighted by Crippen LogP contribution is 2.43. The zero-order chi connectivity index (χ0) is 13.3. The molecule has 98 valence electrons. The van der Waals surface area contributed by atoms with Crippen LogP contribution in [0.3, 0.4) is 0 Å². The summed E-state index contributed by atoms with van der Waals surface area (Å²) in [5.74, 6) is 0.0464. The molecule has 1 heterocycles. The number of thioether (sulfide) groups is 1. The van der Waals surface area contributed by atoms with Gasteiger partial charge in [-0.15, -0.1) is 11.8 Å². The SMILES string of the molecule is C[C@H]1S[C@H](c2ccc(Cl)c(Cl)c2)N(CCO)C1=O. The number of carbonyl (C=O) groups is 1. The first-order valence-electron chi connectivity index (χ1n) is 5.56. The molecule has 1 aromatic carbocycles. The number of aliphatic hydroxyl groups is 1. The molecule has 1 amide bonds. The van der Waals surface area contributed by atoms with E-state index < -0.39 is 0 Å². The summed E-state index contributed by atoms with van der Waals surface area (Å²) in [5.41, 5.74) is 0.931. The number of rotatable bonds is 3. The molecule has 0 aliphatic carbocycles. The van der Waals surface area contributed by atoms with E-state index in [9.17, 15) is 4.79 Å². The molecular formula is C12H13Cl2NO2S. The number of hydrogen-bond donors (Lipinski definition) is 1. The molecule has 2 atom stereocenters. The van der Waals surface area contributed by atoms with E-state index in [-0.39, 0.29) is 23.1 Å². The standard InChI is InChI=1S/C12H13Cl2NO2S/c1-7-11(17)15(4-5-16)12(18-7)8-2-3-9(13)10(14)6-8/h2-3,6-7,12,16H,4-5H2,1H3/t7-,12-/m1/s1. The molecule has 18 heavy (non-hydrogen) atoms. The summed E-state index contributed by atoms with van der Waals surface area (Å²) >= 11 is 13.4. The first kappa shape index (κ1) is 14.0. The lowest BCUT2D eigenvalue weighted by Gasteiger charge is -2.23. The van der Waals surface area contributed by atoms with Gasteiger partial charge in [0.25, 0.3) is 0 Å². The van der Waals surface area contributed by atoms with Crippen LogP contribution in [-0.4, -0.2) is 34.3 Å². The van der Waals surface area contributed by atoms with Gasteiger partial charge in [0.2, 0.25) is 5.91 Å². The highest BCUT2D eigenvalue weighted by molar-refractivity contribution is 8.01. The van der Waals surface area contributed by atoms with Crippen LogP contribution >= 0.6 is 35.0 Å². The normalized spacial score (nSPS) is 23.8. The Morgan fingerprint density at radius 2 is 2.11 bits per heavy atom. The molecule has 6 heteroatoms. The van der Waals surface area contributed by atoms with Gasteiger partial charge in [-0.1, -0.05) is 29.3 Å². The van der Waals surface area contributed by atoms with Crippen LogP contribution in [0.25, 0.3) is 0 Å². The van der Waals surface area contributed by atoms with E-state index in [0.29, 0.717) is 16.6 Å². The summed E-state index contributed by atoms with van der Waals surface area (Å²) in [4.78, 5) is 13.6. The van der Waals surface area contributed by atoms with Crippen molar-refractivity contribution >= 4 is 40.9 Å². The van der Waals surface area contributed by atoms with Crippen molar-refractivity contribution in [3.8, 4) is 0 Å². The molecule has 0 bridgehead atoms. The lowest BCUT2D eigenvalue weighted by atomic mass is 10.2. The third-order valence-electron chi connectivity index (χ3n) is 2.82. The maximum Gasteiger partial charge on any atom is 0.236 e. The minimum Gasteiger partial charge on any atom is -0.395 e. The smallest absolute Gasteiger partial charge is 0.236 e. The quantitative estimate of drug-likeness (QED) is 0.933. The third-order valence-corrected chi connectivity index (χ3v) is 4.95. The van der Waals surface area contributed by atoms with Crippen molar-refractivity contribution in [1.82, 2.24) is 4.90 Å². The molecule has 0 radical (unpaired) electrons. The van der Waals surface area contributed by atoms with Gasteiger partial charge in [-0.05, 0) is 24.6 Å². The van der Waals surface area contributed by atoms with Gasteiger partial charge in [0.1, 0.15) is 5.37 Å². The number of hydrogen-bond acceptors (Lipinski definition) is 3. The topological polar surface area (TPSA) is 40.5 Å². The van der Waals surface area contributed by atoms with Gasteiger partial charge >= 0.3 is 0 Å². The lowest BCUT2D eigenvalue weighted by molar-refractivity contribution is -0.130. The Labute approximate surface area is 120 Å². The first-order valence-corrected chi connectivity index (χ1v) is 7.26. The summed E-state index contributed by atoms with van der Waals surface area (Å²) in [6.45, 7) is 2.16. The molecule has 1 saturated heterocycles. The first-order chi connectivity index (χ1) is 8.54. The number of aliphatic hydroxyl groups excluding tert-OH is 1. The molecule has 1 aromatic rings.